The normalized spacial score (nSPS) is 15.9. The Labute approximate surface area is 154 Å². The van der Waals surface area contributed by atoms with Gasteiger partial charge in [0.15, 0.2) is 5.57 Å². The van der Waals surface area contributed by atoms with Gasteiger partial charge in [0.25, 0.3) is 0 Å². The summed E-state index contributed by atoms with van der Waals surface area (Å²) in [6.07, 6.45) is 6.22. The SMILES string of the molecule is CCOC(=O)/C(C#N)=C/Nc1ccc(S(=O)(=O)NC2CCCCC2)cc1. The topological polar surface area (TPSA) is 108 Å². The number of carbonyl (C=O) groups is 1. The largest absolute Gasteiger partial charge is 0.462 e. The summed E-state index contributed by atoms with van der Waals surface area (Å²) in [5, 5.41) is 11.8. The molecule has 7 nitrogen and oxygen atoms in total. The number of hydrogen-bond donors (Lipinski definition) is 2. The number of carbonyl (C=O) groups excluding carboxylic acids is 1. The Bertz CT molecular complexity index is 789. The molecule has 0 radical (unpaired) electrons. The molecule has 0 atom stereocenters. The van der Waals surface area contributed by atoms with Crippen molar-refractivity contribution in [3.8, 4) is 6.07 Å². The molecule has 26 heavy (non-hydrogen) atoms. The summed E-state index contributed by atoms with van der Waals surface area (Å²) in [5.74, 6) is -0.710. The summed E-state index contributed by atoms with van der Waals surface area (Å²) >= 11 is 0. The highest BCUT2D eigenvalue weighted by atomic mass is 32.2. The van der Waals surface area contributed by atoms with Crippen LogP contribution < -0.4 is 10.0 Å². The molecule has 0 aromatic heterocycles. The molecule has 1 aliphatic carbocycles. The lowest BCUT2D eigenvalue weighted by Crippen LogP contribution is -2.36. The van der Waals surface area contributed by atoms with Gasteiger partial charge in [0.05, 0.1) is 11.5 Å². The highest BCUT2D eigenvalue weighted by Gasteiger charge is 2.21. The molecule has 1 fully saturated rings. The molecule has 0 amide bonds. The number of sulfonamides is 1. The highest BCUT2D eigenvalue weighted by molar-refractivity contribution is 7.89. The van der Waals surface area contributed by atoms with Gasteiger partial charge < -0.3 is 10.1 Å². The quantitative estimate of drug-likeness (QED) is 0.430. The van der Waals surface area contributed by atoms with E-state index in [9.17, 15) is 13.2 Å². The monoisotopic (exact) mass is 377 g/mol. The average Bonchev–Trinajstić information content (AvgIpc) is 2.63. The van der Waals surface area contributed by atoms with Crippen LogP contribution in [0.2, 0.25) is 0 Å². The number of nitrogens with zero attached hydrogens (tertiary/aromatic N) is 1. The first-order valence-corrected chi connectivity index (χ1v) is 10.1. The Balaban J connectivity index is 2.03. The molecule has 0 aliphatic heterocycles. The first kappa shape index (κ1) is 19.9. The van der Waals surface area contributed by atoms with Gasteiger partial charge in [-0.15, -0.1) is 0 Å². The fourth-order valence-corrected chi connectivity index (χ4v) is 4.04. The molecule has 0 heterocycles. The van der Waals surface area contributed by atoms with Gasteiger partial charge in [-0.05, 0) is 44.0 Å². The number of nitrogens with one attached hydrogen (secondary N) is 2. The Hall–Kier alpha value is -2.37. The lowest BCUT2D eigenvalue weighted by Gasteiger charge is -2.22. The number of rotatable bonds is 7. The van der Waals surface area contributed by atoms with Crippen molar-refractivity contribution in [2.75, 3.05) is 11.9 Å². The third-order valence-corrected chi connectivity index (χ3v) is 5.63. The summed E-state index contributed by atoms with van der Waals surface area (Å²) < 4.78 is 32.4. The minimum atomic E-state index is -3.55. The van der Waals surface area contributed by atoms with Gasteiger partial charge in [0.2, 0.25) is 10.0 Å². The maximum atomic E-state index is 12.4. The number of hydrogen-bond acceptors (Lipinski definition) is 6. The first-order valence-electron chi connectivity index (χ1n) is 8.62. The maximum Gasteiger partial charge on any atom is 0.350 e. The van der Waals surface area contributed by atoms with Crippen LogP contribution in [0.1, 0.15) is 39.0 Å². The second kappa shape index (κ2) is 9.36. The van der Waals surface area contributed by atoms with E-state index in [1.54, 1.807) is 25.1 Å². The second-order valence-corrected chi connectivity index (χ2v) is 7.73. The van der Waals surface area contributed by atoms with Crippen molar-refractivity contribution in [1.82, 2.24) is 4.72 Å². The summed E-state index contributed by atoms with van der Waals surface area (Å²) in [4.78, 5) is 11.7. The number of nitriles is 1. The van der Waals surface area contributed by atoms with E-state index in [2.05, 4.69) is 10.0 Å². The van der Waals surface area contributed by atoms with Gasteiger partial charge in [-0.25, -0.2) is 17.9 Å². The summed E-state index contributed by atoms with van der Waals surface area (Å²) in [6, 6.07) is 7.87. The summed E-state index contributed by atoms with van der Waals surface area (Å²) in [6.45, 7) is 1.83. The number of ether oxygens (including phenoxy) is 1. The van der Waals surface area contributed by atoms with Gasteiger partial charge in [0.1, 0.15) is 6.07 Å². The predicted molar refractivity (Wildman–Crippen MR) is 97.6 cm³/mol. The van der Waals surface area contributed by atoms with Gasteiger partial charge in [-0.1, -0.05) is 19.3 Å². The third-order valence-electron chi connectivity index (χ3n) is 4.09. The van der Waals surface area contributed by atoms with Crippen LogP contribution in [0.15, 0.2) is 40.9 Å². The van der Waals surface area contributed by atoms with Crippen LogP contribution in [0.4, 0.5) is 5.69 Å². The van der Waals surface area contributed by atoms with E-state index in [-0.39, 0.29) is 23.1 Å². The van der Waals surface area contributed by atoms with Crippen LogP contribution >= 0.6 is 0 Å². The Kier molecular flexibility index (Phi) is 7.18. The number of benzene rings is 1. The molecule has 1 saturated carbocycles. The Morgan fingerprint density at radius 1 is 1.27 bits per heavy atom. The molecule has 0 bridgehead atoms. The van der Waals surface area contributed by atoms with E-state index < -0.39 is 16.0 Å². The number of esters is 1. The fraction of sp³-hybridized carbons (Fsp3) is 0.444. The smallest absolute Gasteiger partial charge is 0.350 e. The molecule has 8 heteroatoms. The Morgan fingerprint density at radius 2 is 1.92 bits per heavy atom. The molecule has 2 N–H and O–H groups in total. The van der Waals surface area contributed by atoms with E-state index >= 15 is 0 Å². The minimum absolute atomic E-state index is 0.00255. The predicted octanol–water partition coefficient (Wildman–Crippen LogP) is 2.68. The Morgan fingerprint density at radius 3 is 2.50 bits per heavy atom. The highest BCUT2D eigenvalue weighted by Crippen LogP contribution is 2.21. The molecule has 140 valence electrons. The van der Waals surface area contributed by atoms with Gasteiger partial charge in [-0.3, -0.25) is 0 Å². The van der Waals surface area contributed by atoms with Crippen LogP contribution in [0, 0.1) is 11.3 Å². The van der Waals surface area contributed by atoms with Gasteiger partial charge in [-0.2, -0.15) is 5.26 Å². The van der Waals surface area contributed by atoms with E-state index in [0.717, 1.165) is 32.1 Å². The first-order chi connectivity index (χ1) is 12.5. The zero-order chi connectivity index (χ0) is 19.0. The molecular weight excluding hydrogens is 354 g/mol. The van der Waals surface area contributed by atoms with Crippen molar-refractivity contribution < 1.29 is 17.9 Å². The van der Waals surface area contributed by atoms with Crippen LogP contribution in [0.3, 0.4) is 0 Å². The van der Waals surface area contributed by atoms with E-state index in [1.165, 1.54) is 18.3 Å². The fourth-order valence-electron chi connectivity index (χ4n) is 2.74. The van der Waals surface area contributed by atoms with Crippen molar-refractivity contribution in [3.63, 3.8) is 0 Å². The standard InChI is InChI=1S/C18H23N3O4S/c1-2-25-18(22)14(12-19)13-20-15-8-10-17(11-9-15)26(23,24)21-16-6-4-3-5-7-16/h8-11,13,16,20-21H,2-7H2,1H3/b14-13+. The average molecular weight is 377 g/mol. The van der Waals surface area contributed by atoms with Crippen molar-refractivity contribution in [2.45, 2.75) is 50.0 Å². The molecule has 0 unspecified atom stereocenters. The lowest BCUT2D eigenvalue weighted by molar-refractivity contribution is -0.138. The molecule has 1 aromatic rings. The zero-order valence-electron chi connectivity index (χ0n) is 14.7. The number of anilines is 1. The minimum Gasteiger partial charge on any atom is -0.462 e. The third kappa shape index (κ3) is 5.58. The van der Waals surface area contributed by atoms with E-state index in [1.807, 2.05) is 0 Å². The van der Waals surface area contributed by atoms with E-state index in [4.69, 9.17) is 10.00 Å². The molecular formula is C18H23N3O4S. The zero-order valence-corrected chi connectivity index (χ0v) is 15.5. The van der Waals surface area contributed by atoms with Crippen molar-refractivity contribution in [1.29, 1.82) is 5.26 Å². The van der Waals surface area contributed by atoms with Gasteiger partial charge >= 0.3 is 5.97 Å². The van der Waals surface area contributed by atoms with Gasteiger partial charge in [0, 0.05) is 17.9 Å². The van der Waals surface area contributed by atoms with Crippen LogP contribution in [0.5, 0.6) is 0 Å². The van der Waals surface area contributed by atoms with E-state index in [0.29, 0.717) is 5.69 Å². The van der Waals surface area contributed by atoms with Crippen LogP contribution in [-0.2, 0) is 19.6 Å². The molecule has 0 saturated heterocycles. The molecule has 1 aliphatic rings. The van der Waals surface area contributed by atoms with Crippen molar-refractivity contribution in [2.24, 2.45) is 0 Å². The van der Waals surface area contributed by atoms with Crippen molar-refractivity contribution >= 4 is 21.7 Å². The summed E-state index contributed by atoms with van der Waals surface area (Å²) in [7, 11) is -3.55. The molecule has 0 spiro atoms. The molecule has 1 aromatic carbocycles. The van der Waals surface area contributed by atoms with Crippen molar-refractivity contribution in [3.05, 3.63) is 36.0 Å². The maximum absolute atomic E-state index is 12.4. The lowest BCUT2D eigenvalue weighted by atomic mass is 9.96. The van der Waals surface area contributed by atoms with Crippen LogP contribution in [-0.4, -0.2) is 27.0 Å². The van der Waals surface area contributed by atoms with Crippen LogP contribution in [0.25, 0.3) is 0 Å². The summed E-state index contributed by atoms with van der Waals surface area (Å²) in [5.41, 5.74) is 0.390. The second-order valence-electron chi connectivity index (χ2n) is 6.02. The molecule has 2 rings (SSSR count).